The zero-order chi connectivity index (χ0) is 14.0. The third kappa shape index (κ3) is 3.23. The van der Waals surface area contributed by atoms with Crippen molar-refractivity contribution in [3.05, 3.63) is 57.2 Å². The first-order valence-electron chi connectivity index (χ1n) is 5.98. The number of halogens is 2. The van der Waals surface area contributed by atoms with Crippen LogP contribution in [0.2, 0.25) is 0 Å². The summed E-state index contributed by atoms with van der Waals surface area (Å²) < 4.78 is 19.7. The summed E-state index contributed by atoms with van der Waals surface area (Å²) in [4.78, 5) is 0. The zero-order valence-electron chi connectivity index (χ0n) is 10.8. The van der Waals surface area contributed by atoms with Crippen LogP contribution in [0.5, 0.6) is 0 Å². The van der Waals surface area contributed by atoms with Crippen LogP contribution in [-0.2, 0) is 6.42 Å². The summed E-state index contributed by atoms with van der Waals surface area (Å²) >= 11 is 3.43. The normalized spacial score (nSPS) is 12.7. The van der Waals surface area contributed by atoms with E-state index in [1.807, 2.05) is 19.9 Å². The number of hydrogen-bond donors (Lipinski definition) is 2. The van der Waals surface area contributed by atoms with Crippen LogP contribution < -0.4 is 11.3 Å². The van der Waals surface area contributed by atoms with Crippen LogP contribution in [0.4, 0.5) is 4.39 Å². The number of benzene rings is 1. The van der Waals surface area contributed by atoms with E-state index >= 15 is 0 Å². The highest BCUT2D eigenvalue weighted by Crippen LogP contribution is 2.27. The molecular formula is C14H16BrFN2O. The molecule has 0 spiro atoms. The largest absolute Gasteiger partial charge is 0.466 e. The zero-order valence-corrected chi connectivity index (χ0v) is 12.4. The topological polar surface area (TPSA) is 51.2 Å². The molecule has 1 heterocycles. The van der Waals surface area contributed by atoms with Crippen molar-refractivity contribution in [1.82, 2.24) is 5.43 Å². The average Bonchev–Trinajstić information content (AvgIpc) is 2.69. The fourth-order valence-corrected chi connectivity index (χ4v) is 2.58. The maximum atomic E-state index is 13.3. The average molecular weight is 327 g/mol. The monoisotopic (exact) mass is 326 g/mol. The van der Waals surface area contributed by atoms with Crippen LogP contribution in [0.15, 0.2) is 33.2 Å². The Hall–Kier alpha value is -1.17. The van der Waals surface area contributed by atoms with Gasteiger partial charge in [-0.15, -0.1) is 0 Å². The molecule has 3 nitrogen and oxygen atoms in total. The summed E-state index contributed by atoms with van der Waals surface area (Å²) in [5.41, 5.74) is 4.62. The lowest BCUT2D eigenvalue weighted by atomic mass is 9.99. The molecule has 3 N–H and O–H groups in total. The van der Waals surface area contributed by atoms with E-state index in [0.29, 0.717) is 6.42 Å². The van der Waals surface area contributed by atoms with Crippen molar-refractivity contribution in [2.45, 2.75) is 26.3 Å². The molecule has 1 unspecified atom stereocenters. The molecule has 0 aliphatic rings. The Morgan fingerprint density at radius 3 is 2.68 bits per heavy atom. The van der Waals surface area contributed by atoms with Crippen molar-refractivity contribution in [2.75, 3.05) is 0 Å². The van der Waals surface area contributed by atoms with Crippen LogP contribution in [0, 0.1) is 19.7 Å². The first-order chi connectivity index (χ1) is 9.01. The van der Waals surface area contributed by atoms with E-state index in [4.69, 9.17) is 10.3 Å². The molecule has 1 aromatic heterocycles. The van der Waals surface area contributed by atoms with Crippen molar-refractivity contribution in [3.8, 4) is 0 Å². The molecule has 0 fully saturated rings. The van der Waals surface area contributed by atoms with E-state index < -0.39 is 0 Å². The lowest BCUT2D eigenvalue weighted by Gasteiger charge is -2.16. The number of rotatable bonds is 4. The fourth-order valence-electron chi connectivity index (χ4n) is 2.17. The van der Waals surface area contributed by atoms with Crippen LogP contribution in [-0.4, -0.2) is 0 Å². The maximum absolute atomic E-state index is 13.3. The standard InChI is InChI=1S/C14H16BrFN2O/c1-8-5-12(9(2)19-8)14(18-17)7-10-6-11(16)3-4-13(10)15/h3-6,14,18H,7,17H2,1-2H3. The summed E-state index contributed by atoms with van der Waals surface area (Å²) in [5, 5.41) is 0. The molecule has 0 aliphatic heterocycles. The van der Waals surface area contributed by atoms with Crippen LogP contribution in [0.25, 0.3) is 0 Å². The van der Waals surface area contributed by atoms with Gasteiger partial charge in [0.1, 0.15) is 17.3 Å². The second-order valence-electron chi connectivity index (χ2n) is 4.53. The molecule has 0 amide bonds. The van der Waals surface area contributed by atoms with Gasteiger partial charge in [0.05, 0.1) is 6.04 Å². The van der Waals surface area contributed by atoms with Crippen molar-refractivity contribution in [1.29, 1.82) is 0 Å². The summed E-state index contributed by atoms with van der Waals surface area (Å²) in [7, 11) is 0. The van der Waals surface area contributed by atoms with Gasteiger partial charge in [0.2, 0.25) is 0 Å². The molecular weight excluding hydrogens is 311 g/mol. The van der Waals surface area contributed by atoms with Gasteiger partial charge in [-0.3, -0.25) is 11.3 Å². The predicted octanol–water partition coefficient (Wildman–Crippen LogP) is 3.55. The Morgan fingerprint density at radius 1 is 1.37 bits per heavy atom. The van der Waals surface area contributed by atoms with Gasteiger partial charge in [0.15, 0.2) is 0 Å². The van der Waals surface area contributed by atoms with E-state index in [0.717, 1.165) is 27.1 Å². The molecule has 2 aromatic rings. The Bertz CT molecular complexity index is 583. The van der Waals surface area contributed by atoms with Gasteiger partial charge >= 0.3 is 0 Å². The summed E-state index contributed by atoms with van der Waals surface area (Å²) in [6.07, 6.45) is 0.578. The second kappa shape index (κ2) is 5.86. The molecule has 19 heavy (non-hydrogen) atoms. The van der Waals surface area contributed by atoms with Gasteiger partial charge in [0, 0.05) is 10.0 Å². The molecule has 0 radical (unpaired) electrons. The third-order valence-electron chi connectivity index (χ3n) is 3.09. The number of nitrogens with two attached hydrogens (primary N) is 1. The third-order valence-corrected chi connectivity index (χ3v) is 3.86. The highest BCUT2D eigenvalue weighted by Gasteiger charge is 2.18. The van der Waals surface area contributed by atoms with Crippen molar-refractivity contribution in [2.24, 2.45) is 5.84 Å². The highest BCUT2D eigenvalue weighted by atomic mass is 79.9. The predicted molar refractivity (Wildman–Crippen MR) is 76.1 cm³/mol. The van der Waals surface area contributed by atoms with Gasteiger partial charge in [-0.2, -0.15) is 0 Å². The second-order valence-corrected chi connectivity index (χ2v) is 5.38. The summed E-state index contributed by atoms with van der Waals surface area (Å²) in [6, 6.07) is 6.47. The number of furan rings is 1. The molecule has 0 saturated carbocycles. The molecule has 1 aromatic carbocycles. The number of aryl methyl sites for hydroxylation is 2. The van der Waals surface area contributed by atoms with E-state index in [2.05, 4.69) is 21.4 Å². The Kier molecular flexibility index (Phi) is 4.39. The lowest BCUT2D eigenvalue weighted by molar-refractivity contribution is 0.484. The molecule has 0 bridgehead atoms. The number of hydrogen-bond acceptors (Lipinski definition) is 3. The Labute approximate surface area is 120 Å². The molecule has 0 aliphatic carbocycles. The van der Waals surface area contributed by atoms with Gasteiger partial charge in [-0.25, -0.2) is 4.39 Å². The minimum Gasteiger partial charge on any atom is -0.466 e. The summed E-state index contributed by atoms with van der Waals surface area (Å²) in [6.45, 7) is 3.79. The molecule has 2 rings (SSSR count). The SMILES string of the molecule is Cc1cc(C(Cc2cc(F)ccc2Br)NN)c(C)o1. The van der Waals surface area contributed by atoms with Gasteiger partial charge in [-0.05, 0) is 50.1 Å². The van der Waals surface area contributed by atoms with E-state index in [-0.39, 0.29) is 11.9 Å². The minimum absolute atomic E-state index is 0.115. The van der Waals surface area contributed by atoms with Gasteiger partial charge in [0.25, 0.3) is 0 Å². The quantitative estimate of drug-likeness (QED) is 0.667. The molecule has 0 saturated heterocycles. The Morgan fingerprint density at radius 2 is 2.11 bits per heavy atom. The molecule has 102 valence electrons. The smallest absolute Gasteiger partial charge is 0.123 e. The number of nitrogens with one attached hydrogen (secondary N) is 1. The van der Waals surface area contributed by atoms with Crippen molar-refractivity contribution in [3.63, 3.8) is 0 Å². The van der Waals surface area contributed by atoms with Gasteiger partial charge in [-0.1, -0.05) is 15.9 Å². The van der Waals surface area contributed by atoms with Gasteiger partial charge < -0.3 is 4.42 Å². The van der Waals surface area contributed by atoms with Crippen LogP contribution in [0.3, 0.4) is 0 Å². The minimum atomic E-state index is -0.255. The summed E-state index contributed by atoms with van der Waals surface area (Å²) in [5.74, 6) is 7.03. The van der Waals surface area contributed by atoms with E-state index in [1.165, 1.54) is 12.1 Å². The number of hydrazine groups is 1. The van der Waals surface area contributed by atoms with Crippen LogP contribution >= 0.6 is 15.9 Å². The molecule has 5 heteroatoms. The maximum Gasteiger partial charge on any atom is 0.123 e. The Balaban J connectivity index is 2.29. The first-order valence-corrected chi connectivity index (χ1v) is 6.77. The van der Waals surface area contributed by atoms with Crippen molar-refractivity contribution >= 4 is 15.9 Å². The van der Waals surface area contributed by atoms with E-state index in [9.17, 15) is 4.39 Å². The van der Waals surface area contributed by atoms with E-state index in [1.54, 1.807) is 6.07 Å². The first kappa shape index (κ1) is 14.2. The highest BCUT2D eigenvalue weighted by molar-refractivity contribution is 9.10. The fraction of sp³-hybridized carbons (Fsp3) is 0.286. The van der Waals surface area contributed by atoms with Crippen molar-refractivity contribution < 1.29 is 8.81 Å². The van der Waals surface area contributed by atoms with Crippen LogP contribution in [0.1, 0.15) is 28.7 Å². The molecule has 1 atom stereocenters. The lowest BCUT2D eigenvalue weighted by Crippen LogP contribution is -2.29.